The summed E-state index contributed by atoms with van der Waals surface area (Å²) in [7, 11) is 0. The molecule has 0 aliphatic rings. The summed E-state index contributed by atoms with van der Waals surface area (Å²) in [6, 6.07) is 12.0. The summed E-state index contributed by atoms with van der Waals surface area (Å²) in [6.45, 7) is 0. The third-order valence-corrected chi connectivity index (χ3v) is 2.79. The molecule has 0 aromatic heterocycles. The van der Waals surface area contributed by atoms with Crippen LogP contribution in [-0.2, 0) is 17.4 Å². The zero-order chi connectivity index (χ0) is 13.9. The van der Waals surface area contributed by atoms with Gasteiger partial charge in [-0.3, -0.25) is 0 Å². The molecular weight excluding hydrogens is 253 g/mol. The van der Waals surface area contributed by atoms with Gasteiger partial charge in [0.1, 0.15) is 6.29 Å². The summed E-state index contributed by atoms with van der Waals surface area (Å²) < 4.78 is 38.8. The standard InChI is InChI=1S/C15H11F3O/c16-15(17,18)14-7-2-1-6-13(14)12-5-3-4-11(10-12)8-9-19/h1-7,9-10H,8H2. The lowest BCUT2D eigenvalue weighted by atomic mass is 9.97. The van der Waals surface area contributed by atoms with Gasteiger partial charge in [-0.05, 0) is 22.8 Å². The second kappa shape index (κ2) is 5.26. The number of benzene rings is 2. The van der Waals surface area contributed by atoms with Gasteiger partial charge in [-0.1, -0.05) is 42.5 Å². The molecule has 0 radical (unpaired) electrons. The van der Waals surface area contributed by atoms with E-state index in [1.54, 1.807) is 30.3 Å². The number of carbonyl (C=O) groups excluding carboxylic acids is 1. The van der Waals surface area contributed by atoms with Crippen molar-refractivity contribution in [1.82, 2.24) is 0 Å². The highest BCUT2D eigenvalue weighted by Gasteiger charge is 2.33. The zero-order valence-corrected chi connectivity index (χ0v) is 9.95. The first kappa shape index (κ1) is 13.3. The summed E-state index contributed by atoms with van der Waals surface area (Å²) in [5.41, 5.74) is 0.623. The fourth-order valence-electron chi connectivity index (χ4n) is 1.94. The molecule has 0 bridgehead atoms. The minimum Gasteiger partial charge on any atom is -0.303 e. The van der Waals surface area contributed by atoms with Crippen LogP contribution in [0.1, 0.15) is 11.1 Å². The highest BCUT2D eigenvalue weighted by Crippen LogP contribution is 2.36. The van der Waals surface area contributed by atoms with Gasteiger partial charge in [-0.25, -0.2) is 0 Å². The van der Waals surface area contributed by atoms with E-state index in [-0.39, 0.29) is 12.0 Å². The molecule has 0 unspecified atom stereocenters. The Kier molecular flexibility index (Phi) is 3.69. The summed E-state index contributed by atoms with van der Waals surface area (Å²) in [5.74, 6) is 0. The molecule has 0 saturated carbocycles. The van der Waals surface area contributed by atoms with Crippen LogP contribution in [0.5, 0.6) is 0 Å². The zero-order valence-electron chi connectivity index (χ0n) is 9.95. The van der Waals surface area contributed by atoms with Crippen LogP contribution < -0.4 is 0 Å². The molecule has 98 valence electrons. The van der Waals surface area contributed by atoms with Crippen molar-refractivity contribution in [2.75, 3.05) is 0 Å². The van der Waals surface area contributed by atoms with Crippen LogP contribution in [0.15, 0.2) is 48.5 Å². The topological polar surface area (TPSA) is 17.1 Å². The molecule has 4 heteroatoms. The van der Waals surface area contributed by atoms with Crippen molar-refractivity contribution in [3.8, 4) is 11.1 Å². The quantitative estimate of drug-likeness (QED) is 0.762. The summed E-state index contributed by atoms with van der Waals surface area (Å²) >= 11 is 0. The summed E-state index contributed by atoms with van der Waals surface area (Å²) in [6.07, 6.45) is -3.46. The Morgan fingerprint density at radius 1 is 1.00 bits per heavy atom. The Morgan fingerprint density at radius 3 is 2.42 bits per heavy atom. The lowest BCUT2D eigenvalue weighted by Crippen LogP contribution is -2.06. The molecule has 0 aliphatic carbocycles. The fraction of sp³-hybridized carbons (Fsp3) is 0.133. The third kappa shape index (κ3) is 3.02. The van der Waals surface area contributed by atoms with Crippen molar-refractivity contribution in [3.05, 3.63) is 59.7 Å². The van der Waals surface area contributed by atoms with Crippen LogP contribution in [0.4, 0.5) is 13.2 Å². The molecule has 2 aromatic rings. The molecule has 0 spiro atoms. The van der Waals surface area contributed by atoms with Crippen LogP contribution in [0.25, 0.3) is 11.1 Å². The Labute approximate surface area is 108 Å². The fourth-order valence-corrected chi connectivity index (χ4v) is 1.94. The molecule has 2 aromatic carbocycles. The molecule has 1 nitrogen and oxygen atoms in total. The number of aldehydes is 1. The van der Waals surface area contributed by atoms with Gasteiger partial charge in [0.15, 0.2) is 0 Å². The smallest absolute Gasteiger partial charge is 0.303 e. The molecular formula is C15H11F3O. The molecule has 0 N–H and O–H groups in total. The van der Waals surface area contributed by atoms with Crippen LogP contribution in [0.3, 0.4) is 0 Å². The molecule has 0 aliphatic heterocycles. The largest absolute Gasteiger partial charge is 0.417 e. The van der Waals surface area contributed by atoms with Gasteiger partial charge in [0.2, 0.25) is 0 Å². The number of hydrogen-bond donors (Lipinski definition) is 0. The van der Waals surface area contributed by atoms with E-state index in [0.717, 1.165) is 12.4 Å². The van der Waals surface area contributed by atoms with Gasteiger partial charge < -0.3 is 4.79 Å². The third-order valence-electron chi connectivity index (χ3n) is 2.79. The number of rotatable bonds is 3. The number of alkyl halides is 3. The number of hydrogen-bond acceptors (Lipinski definition) is 1. The lowest BCUT2D eigenvalue weighted by Gasteiger charge is -2.13. The summed E-state index contributed by atoms with van der Waals surface area (Å²) in [5, 5.41) is 0. The van der Waals surface area contributed by atoms with Gasteiger partial charge in [-0.15, -0.1) is 0 Å². The van der Waals surface area contributed by atoms with E-state index < -0.39 is 11.7 Å². The maximum absolute atomic E-state index is 12.9. The van der Waals surface area contributed by atoms with E-state index >= 15 is 0 Å². The van der Waals surface area contributed by atoms with Gasteiger partial charge in [-0.2, -0.15) is 13.2 Å². The lowest BCUT2D eigenvalue weighted by molar-refractivity contribution is -0.137. The number of carbonyl (C=O) groups is 1. The Bertz CT molecular complexity index is 588. The second-order valence-corrected chi connectivity index (χ2v) is 4.11. The van der Waals surface area contributed by atoms with E-state index in [0.29, 0.717) is 11.1 Å². The SMILES string of the molecule is O=CCc1cccc(-c2ccccc2C(F)(F)F)c1. The summed E-state index contributed by atoms with van der Waals surface area (Å²) in [4.78, 5) is 10.5. The van der Waals surface area contributed by atoms with E-state index in [1.807, 2.05) is 0 Å². The predicted octanol–water partition coefficient (Wildman–Crippen LogP) is 4.11. The van der Waals surface area contributed by atoms with Crippen molar-refractivity contribution in [2.24, 2.45) is 0 Å². The van der Waals surface area contributed by atoms with E-state index in [4.69, 9.17) is 0 Å². The highest BCUT2D eigenvalue weighted by molar-refractivity contribution is 5.69. The minimum absolute atomic E-state index is 0.128. The van der Waals surface area contributed by atoms with Gasteiger partial charge >= 0.3 is 6.18 Å². The van der Waals surface area contributed by atoms with Crippen molar-refractivity contribution >= 4 is 6.29 Å². The first-order valence-corrected chi connectivity index (χ1v) is 5.71. The average molecular weight is 264 g/mol. The van der Waals surface area contributed by atoms with Crippen LogP contribution in [0, 0.1) is 0 Å². The second-order valence-electron chi connectivity index (χ2n) is 4.11. The molecule has 2 rings (SSSR count). The Balaban J connectivity index is 2.53. The first-order chi connectivity index (χ1) is 9.02. The minimum atomic E-state index is -4.39. The van der Waals surface area contributed by atoms with Gasteiger partial charge in [0.05, 0.1) is 5.56 Å². The maximum Gasteiger partial charge on any atom is 0.417 e. The molecule has 0 atom stereocenters. The van der Waals surface area contributed by atoms with E-state index in [9.17, 15) is 18.0 Å². The van der Waals surface area contributed by atoms with Crippen molar-refractivity contribution < 1.29 is 18.0 Å². The molecule has 19 heavy (non-hydrogen) atoms. The normalized spacial score (nSPS) is 11.3. The number of halogens is 3. The Hall–Kier alpha value is -2.10. The van der Waals surface area contributed by atoms with E-state index in [2.05, 4.69) is 0 Å². The molecule has 0 heterocycles. The highest BCUT2D eigenvalue weighted by atomic mass is 19.4. The molecule has 0 saturated heterocycles. The van der Waals surface area contributed by atoms with Crippen LogP contribution in [-0.4, -0.2) is 6.29 Å². The predicted molar refractivity (Wildman–Crippen MR) is 66.6 cm³/mol. The van der Waals surface area contributed by atoms with E-state index in [1.165, 1.54) is 12.1 Å². The van der Waals surface area contributed by atoms with Gasteiger partial charge in [0, 0.05) is 6.42 Å². The maximum atomic E-state index is 12.9. The molecule has 0 amide bonds. The van der Waals surface area contributed by atoms with Crippen molar-refractivity contribution in [2.45, 2.75) is 12.6 Å². The van der Waals surface area contributed by atoms with Crippen molar-refractivity contribution in [1.29, 1.82) is 0 Å². The van der Waals surface area contributed by atoms with Crippen LogP contribution >= 0.6 is 0 Å². The van der Waals surface area contributed by atoms with Gasteiger partial charge in [0.25, 0.3) is 0 Å². The van der Waals surface area contributed by atoms with Crippen molar-refractivity contribution in [3.63, 3.8) is 0 Å². The average Bonchev–Trinajstić information content (AvgIpc) is 2.38. The first-order valence-electron chi connectivity index (χ1n) is 5.71. The van der Waals surface area contributed by atoms with Crippen LogP contribution in [0.2, 0.25) is 0 Å². The Morgan fingerprint density at radius 2 is 1.74 bits per heavy atom. The molecule has 0 fully saturated rings. The monoisotopic (exact) mass is 264 g/mol.